The minimum atomic E-state index is -0.145. The number of carbonyl (C=O) groups excluding carboxylic acids is 1. The molecule has 29 heavy (non-hydrogen) atoms. The minimum Gasteiger partial charge on any atom is -0.493 e. The quantitative estimate of drug-likeness (QED) is 0.773. The number of piperidine rings is 1. The van der Waals surface area contributed by atoms with Gasteiger partial charge in [-0.3, -0.25) is 4.79 Å². The van der Waals surface area contributed by atoms with Crippen LogP contribution in [0.2, 0.25) is 5.15 Å². The number of aryl methyl sites for hydroxylation is 1. The molecule has 1 aliphatic heterocycles. The summed E-state index contributed by atoms with van der Waals surface area (Å²) >= 11 is 5.83. The van der Waals surface area contributed by atoms with E-state index < -0.39 is 0 Å². The van der Waals surface area contributed by atoms with E-state index in [-0.39, 0.29) is 17.9 Å². The number of nitrogens with zero attached hydrogens (tertiary/aromatic N) is 3. The smallest absolute Gasteiger partial charge is 0.225 e. The number of amides is 1. The molecule has 3 rings (SSSR count). The largest absolute Gasteiger partial charge is 0.493 e. The van der Waals surface area contributed by atoms with Crippen LogP contribution in [0.3, 0.4) is 0 Å². The van der Waals surface area contributed by atoms with Gasteiger partial charge in [-0.1, -0.05) is 11.6 Å². The Labute approximate surface area is 176 Å². The molecule has 2 atom stereocenters. The average molecular weight is 419 g/mol. The summed E-state index contributed by atoms with van der Waals surface area (Å²) in [6, 6.07) is 7.27. The second kappa shape index (κ2) is 9.31. The van der Waals surface area contributed by atoms with E-state index in [9.17, 15) is 4.79 Å². The summed E-state index contributed by atoms with van der Waals surface area (Å²) in [5.74, 6) is 2.01. The highest BCUT2D eigenvalue weighted by molar-refractivity contribution is 6.29. The number of halogens is 1. The van der Waals surface area contributed by atoms with Crippen LogP contribution in [0, 0.1) is 12.8 Å². The average Bonchev–Trinajstić information content (AvgIpc) is 2.73. The molecular weight excluding hydrogens is 392 g/mol. The normalized spacial score (nSPS) is 17.6. The lowest BCUT2D eigenvalue weighted by atomic mass is 9.95. The molecule has 1 aliphatic rings. The van der Waals surface area contributed by atoms with Crippen molar-refractivity contribution in [3.8, 4) is 11.5 Å². The summed E-state index contributed by atoms with van der Waals surface area (Å²) in [5.41, 5.74) is 2.05. The van der Waals surface area contributed by atoms with Gasteiger partial charge in [-0.25, -0.2) is 0 Å². The van der Waals surface area contributed by atoms with Gasteiger partial charge in [0.05, 0.1) is 26.2 Å². The molecule has 1 N–H and O–H groups in total. The summed E-state index contributed by atoms with van der Waals surface area (Å²) < 4.78 is 10.8. The number of ether oxygens (including phenoxy) is 2. The molecule has 1 aromatic carbocycles. The Morgan fingerprint density at radius 3 is 2.62 bits per heavy atom. The molecule has 0 aliphatic carbocycles. The Hall–Kier alpha value is -2.54. The van der Waals surface area contributed by atoms with Crippen molar-refractivity contribution in [2.24, 2.45) is 5.92 Å². The number of methoxy groups -OCH3 is 2. The maximum absolute atomic E-state index is 13.0. The lowest BCUT2D eigenvalue weighted by Crippen LogP contribution is -2.44. The topological polar surface area (TPSA) is 76.6 Å². The molecule has 1 fully saturated rings. The van der Waals surface area contributed by atoms with Gasteiger partial charge in [0, 0.05) is 13.1 Å². The fourth-order valence-electron chi connectivity index (χ4n) is 3.75. The highest BCUT2D eigenvalue weighted by Gasteiger charge is 2.28. The van der Waals surface area contributed by atoms with E-state index in [0.29, 0.717) is 23.2 Å². The van der Waals surface area contributed by atoms with E-state index in [1.54, 1.807) is 20.3 Å². The summed E-state index contributed by atoms with van der Waals surface area (Å²) in [4.78, 5) is 15.0. The van der Waals surface area contributed by atoms with Crippen molar-refractivity contribution in [2.45, 2.75) is 32.7 Å². The van der Waals surface area contributed by atoms with Crippen molar-refractivity contribution in [1.82, 2.24) is 15.5 Å². The summed E-state index contributed by atoms with van der Waals surface area (Å²) in [6.45, 7) is 5.45. The lowest BCUT2D eigenvalue weighted by molar-refractivity contribution is -0.125. The summed E-state index contributed by atoms with van der Waals surface area (Å²) in [7, 11) is 3.22. The third-order valence-corrected chi connectivity index (χ3v) is 5.53. The van der Waals surface area contributed by atoms with Gasteiger partial charge in [0.15, 0.2) is 22.5 Å². The molecule has 2 aromatic rings. The van der Waals surface area contributed by atoms with Gasteiger partial charge in [-0.15, -0.1) is 10.2 Å². The van der Waals surface area contributed by atoms with E-state index in [4.69, 9.17) is 21.1 Å². The first-order valence-corrected chi connectivity index (χ1v) is 10.1. The van der Waals surface area contributed by atoms with Crippen LogP contribution in [0.1, 0.15) is 36.9 Å². The zero-order chi connectivity index (χ0) is 21.0. The third-order valence-electron chi connectivity index (χ3n) is 5.33. The summed E-state index contributed by atoms with van der Waals surface area (Å²) in [5, 5.41) is 11.6. The molecular formula is C21H27ClN4O3. The predicted molar refractivity (Wildman–Crippen MR) is 113 cm³/mol. The first-order chi connectivity index (χ1) is 13.9. The number of anilines is 1. The van der Waals surface area contributed by atoms with Crippen LogP contribution < -0.4 is 19.7 Å². The SMILES string of the molecule is COc1cc(C)c(C(C)NC(=O)C2CCCN(c3ccc(Cl)nn3)C2)cc1OC. The molecule has 0 bridgehead atoms. The van der Waals surface area contributed by atoms with E-state index in [0.717, 1.165) is 36.3 Å². The lowest BCUT2D eigenvalue weighted by Gasteiger charge is -2.33. The van der Waals surface area contributed by atoms with Gasteiger partial charge in [0.25, 0.3) is 0 Å². The van der Waals surface area contributed by atoms with Gasteiger partial charge in [0.2, 0.25) is 5.91 Å². The maximum atomic E-state index is 13.0. The molecule has 1 saturated heterocycles. The summed E-state index contributed by atoms with van der Waals surface area (Å²) in [6.07, 6.45) is 1.77. The van der Waals surface area contributed by atoms with Crippen molar-refractivity contribution in [1.29, 1.82) is 0 Å². The fraction of sp³-hybridized carbons (Fsp3) is 0.476. The van der Waals surface area contributed by atoms with Crippen molar-refractivity contribution >= 4 is 23.3 Å². The number of aromatic nitrogens is 2. The van der Waals surface area contributed by atoms with Gasteiger partial charge in [-0.2, -0.15) is 0 Å². The van der Waals surface area contributed by atoms with Crippen LogP contribution in [0.5, 0.6) is 11.5 Å². The first-order valence-electron chi connectivity index (χ1n) is 9.70. The first kappa shape index (κ1) is 21.2. The van der Waals surface area contributed by atoms with Crippen LogP contribution in [0.4, 0.5) is 5.82 Å². The van der Waals surface area contributed by atoms with Crippen molar-refractivity contribution in [3.63, 3.8) is 0 Å². The number of nitrogens with one attached hydrogen (secondary N) is 1. The maximum Gasteiger partial charge on any atom is 0.225 e. The number of carbonyl (C=O) groups is 1. The van der Waals surface area contributed by atoms with Crippen LogP contribution >= 0.6 is 11.6 Å². The molecule has 1 amide bonds. The van der Waals surface area contributed by atoms with Crippen LogP contribution in [-0.2, 0) is 4.79 Å². The van der Waals surface area contributed by atoms with Crippen molar-refractivity contribution < 1.29 is 14.3 Å². The fourth-order valence-corrected chi connectivity index (χ4v) is 3.85. The Morgan fingerprint density at radius 2 is 1.97 bits per heavy atom. The second-order valence-corrected chi connectivity index (χ2v) is 7.68. The Kier molecular flexibility index (Phi) is 6.79. The Bertz CT molecular complexity index is 860. The molecule has 2 heterocycles. The van der Waals surface area contributed by atoms with Gasteiger partial charge >= 0.3 is 0 Å². The van der Waals surface area contributed by atoms with Gasteiger partial charge in [0.1, 0.15) is 0 Å². The van der Waals surface area contributed by atoms with Crippen molar-refractivity contribution in [3.05, 3.63) is 40.5 Å². The van der Waals surface area contributed by atoms with Gasteiger partial charge < -0.3 is 19.7 Å². The standard InChI is InChI=1S/C21H27ClN4O3/c1-13-10-17(28-3)18(29-4)11-16(13)14(2)23-21(27)15-6-5-9-26(12-15)20-8-7-19(22)24-25-20/h7-8,10-11,14-15H,5-6,9,12H2,1-4H3,(H,23,27). The molecule has 2 unspecified atom stereocenters. The van der Waals surface area contributed by atoms with E-state index in [2.05, 4.69) is 20.4 Å². The van der Waals surface area contributed by atoms with E-state index in [1.807, 2.05) is 32.0 Å². The van der Waals surface area contributed by atoms with Crippen molar-refractivity contribution in [2.75, 3.05) is 32.2 Å². The molecule has 0 radical (unpaired) electrons. The van der Waals surface area contributed by atoms with Gasteiger partial charge in [-0.05, 0) is 62.1 Å². The Morgan fingerprint density at radius 1 is 1.24 bits per heavy atom. The minimum absolute atomic E-state index is 0.0401. The van der Waals surface area contributed by atoms with E-state index in [1.165, 1.54) is 0 Å². The monoisotopic (exact) mass is 418 g/mol. The molecule has 0 saturated carbocycles. The molecule has 0 spiro atoms. The number of hydrogen-bond acceptors (Lipinski definition) is 6. The zero-order valence-corrected chi connectivity index (χ0v) is 18.0. The van der Waals surface area contributed by atoms with Crippen LogP contribution in [0.15, 0.2) is 24.3 Å². The number of benzene rings is 1. The predicted octanol–water partition coefficient (Wildman–Crippen LogP) is 3.55. The highest BCUT2D eigenvalue weighted by atomic mass is 35.5. The molecule has 8 heteroatoms. The van der Waals surface area contributed by atoms with Crippen LogP contribution in [-0.4, -0.2) is 43.4 Å². The van der Waals surface area contributed by atoms with E-state index >= 15 is 0 Å². The number of hydrogen-bond donors (Lipinski definition) is 1. The number of rotatable bonds is 6. The third kappa shape index (κ3) is 4.90. The molecule has 7 nitrogen and oxygen atoms in total. The van der Waals surface area contributed by atoms with Crippen LogP contribution in [0.25, 0.3) is 0 Å². The second-order valence-electron chi connectivity index (χ2n) is 7.29. The Balaban J connectivity index is 1.68. The molecule has 156 valence electrons. The molecule has 1 aromatic heterocycles. The zero-order valence-electron chi connectivity index (χ0n) is 17.2. The highest BCUT2D eigenvalue weighted by Crippen LogP contribution is 2.33.